The molecule has 3 aliphatic rings. The van der Waals surface area contributed by atoms with Crippen molar-refractivity contribution in [2.75, 3.05) is 0 Å². The highest BCUT2D eigenvalue weighted by Crippen LogP contribution is 2.57. The molecular formula is C15H22. The van der Waals surface area contributed by atoms with E-state index in [2.05, 4.69) is 26.0 Å². The van der Waals surface area contributed by atoms with E-state index < -0.39 is 0 Å². The first-order chi connectivity index (χ1) is 7.29. The van der Waals surface area contributed by atoms with E-state index in [0.29, 0.717) is 0 Å². The molecule has 0 nitrogen and oxygen atoms in total. The fourth-order valence-electron chi connectivity index (χ4n) is 4.24. The molecule has 3 rings (SSSR count). The summed E-state index contributed by atoms with van der Waals surface area (Å²) in [4.78, 5) is 0. The van der Waals surface area contributed by atoms with Crippen molar-refractivity contribution in [3.05, 3.63) is 23.3 Å². The van der Waals surface area contributed by atoms with Crippen molar-refractivity contribution in [2.45, 2.75) is 46.0 Å². The Hall–Kier alpha value is -0.520. The lowest BCUT2D eigenvalue weighted by molar-refractivity contribution is 0.414. The highest BCUT2D eigenvalue weighted by Gasteiger charge is 2.45. The number of hydrogen-bond acceptors (Lipinski definition) is 0. The van der Waals surface area contributed by atoms with Crippen LogP contribution in [0.1, 0.15) is 46.0 Å². The van der Waals surface area contributed by atoms with Crippen molar-refractivity contribution in [3.63, 3.8) is 0 Å². The van der Waals surface area contributed by atoms with E-state index in [1.165, 1.54) is 32.1 Å². The SMILES string of the molecule is CC=CC1CC2CC1C1=C2CC(C)CC1. The molecule has 0 N–H and O–H groups in total. The van der Waals surface area contributed by atoms with Gasteiger partial charge in [0.2, 0.25) is 0 Å². The molecule has 15 heavy (non-hydrogen) atoms. The molecule has 1 fully saturated rings. The van der Waals surface area contributed by atoms with Gasteiger partial charge in [0.15, 0.2) is 0 Å². The average Bonchev–Trinajstić information content (AvgIpc) is 2.76. The Morgan fingerprint density at radius 2 is 2.07 bits per heavy atom. The van der Waals surface area contributed by atoms with Gasteiger partial charge in [-0.2, -0.15) is 0 Å². The molecule has 0 radical (unpaired) electrons. The van der Waals surface area contributed by atoms with Gasteiger partial charge >= 0.3 is 0 Å². The van der Waals surface area contributed by atoms with Crippen LogP contribution < -0.4 is 0 Å². The second-order valence-corrected chi connectivity index (χ2v) is 5.86. The van der Waals surface area contributed by atoms with Crippen molar-refractivity contribution in [3.8, 4) is 0 Å². The first-order valence-corrected chi connectivity index (χ1v) is 6.64. The summed E-state index contributed by atoms with van der Waals surface area (Å²) in [6, 6.07) is 0. The number of allylic oxidation sites excluding steroid dienone is 4. The standard InChI is InChI=1S/C15H22/c1-3-4-11-8-12-9-15(11)13-6-5-10(2)7-14(12)13/h3-4,10-12,15H,5-9H2,1-2H3. The minimum absolute atomic E-state index is 0.896. The zero-order chi connectivity index (χ0) is 10.4. The average molecular weight is 202 g/mol. The summed E-state index contributed by atoms with van der Waals surface area (Å²) in [6.07, 6.45) is 12.0. The summed E-state index contributed by atoms with van der Waals surface area (Å²) in [5.41, 5.74) is 3.80. The second kappa shape index (κ2) is 3.50. The third kappa shape index (κ3) is 1.41. The van der Waals surface area contributed by atoms with Gasteiger partial charge in [0.05, 0.1) is 0 Å². The molecule has 4 atom stereocenters. The Morgan fingerprint density at radius 3 is 2.87 bits per heavy atom. The van der Waals surface area contributed by atoms with E-state index in [0.717, 1.165) is 23.7 Å². The van der Waals surface area contributed by atoms with Crippen molar-refractivity contribution in [1.29, 1.82) is 0 Å². The smallest absolute Gasteiger partial charge is 0.0132 e. The highest BCUT2D eigenvalue weighted by atomic mass is 14.5. The van der Waals surface area contributed by atoms with E-state index in [1.54, 1.807) is 0 Å². The predicted molar refractivity (Wildman–Crippen MR) is 64.6 cm³/mol. The summed E-state index contributed by atoms with van der Waals surface area (Å²) >= 11 is 0. The van der Waals surface area contributed by atoms with Gasteiger partial charge in [0.1, 0.15) is 0 Å². The molecule has 0 heterocycles. The van der Waals surface area contributed by atoms with Gasteiger partial charge in [0, 0.05) is 0 Å². The Labute approximate surface area is 93.5 Å². The van der Waals surface area contributed by atoms with Crippen molar-refractivity contribution < 1.29 is 0 Å². The Morgan fingerprint density at radius 1 is 1.20 bits per heavy atom. The minimum Gasteiger partial charge on any atom is -0.0914 e. The predicted octanol–water partition coefficient (Wildman–Crippen LogP) is 4.34. The van der Waals surface area contributed by atoms with Gasteiger partial charge in [-0.3, -0.25) is 0 Å². The molecule has 0 spiro atoms. The van der Waals surface area contributed by atoms with E-state index in [-0.39, 0.29) is 0 Å². The fraction of sp³-hybridized carbons (Fsp3) is 0.733. The zero-order valence-electron chi connectivity index (χ0n) is 10.00. The monoisotopic (exact) mass is 202 g/mol. The Balaban J connectivity index is 1.87. The van der Waals surface area contributed by atoms with Crippen molar-refractivity contribution in [2.24, 2.45) is 23.7 Å². The zero-order valence-corrected chi connectivity index (χ0v) is 10.00. The minimum atomic E-state index is 0.896. The number of hydrogen-bond donors (Lipinski definition) is 0. The Bertz CT molecular complexity index is 321. The lowest BCUT2D eigenvalue weighted by Gasteiger charge is -2.31. The maximum absolute atomic E-state index is 2.46. The van der Waals surface area contributed by atoms with E-state index in [9.17, 15) is 0 Å². The lowest BCUT2D eigenvalue weighted by atomic mass is 9.74. The van der Waals surface area contributed by atoms with Crippen molar-refractivity contribution >= 4 is 0 Å². The van der Waals surface area contributed by atoms with Gasteiger partial charge < -0.3 is 0 Å². The third-order valence-corrected chi connectivity index (χ3v) is 4.88. The summed E-state index contributed by atoms with van der Waals surface area (Å²) < 4.78 is 0. The van der Waals surface area contributed by atoms with Crippen LogP contribution in [0.4, 0.5) is 0 Å². The van der Waals surface area contributed by atoms with E-state index >= 15 is 0 Å². The molecule has 82 valence electrons. The highest BCUT2D eigenvalue weighted by molar-refractivity contribution is 5.34. The molecule has 3 aliphatic carbocycles. The molecular weight excluding hydrogens is 180 g/mol. The van der Waals surface area contributed by atoms with Crippen molar-refractivity contribution in [1.82, 2.24) is 0 Å². The first-order valence-electron chi connectivity index (χ1n) is 6.64. The van der Waals surface area contributed by atoms with Crippen LogP contribution >= 0.6 is 0 Å². The van der Waals surface area contributed by atoms with Crippen LogP contribution in [0.2, 0.25) is 0 Å². The van der Waals surface area contributed by atoms with Crippen LogP contribution in [0.3, 0.4) is 0 Å². The number of rotatable bonds is 1. The topological polar surface area (TPSA) is 0 Å². The van der Waals surface area contributed by atoms with Gasteiger partial charge in [-0.05, 0) is 62.7 Å². The van der Waals surface area contributed by atoms with E-state index in [4.69, 9.17) is 0 Å². The molecule has 0 aliphatic heterocycles. The molecule has 2 bridgehead atoms. The summed E-state index contributed by atoms with van der Waals surface area (Å²) in [5.74, 6) is 3.79. The lowest BCUT2D eigenvalue weighted by Crippen LogP contribution is -2.18. The Kier molecular flexibility index (Phi) is 2.26. The molecule has 4 unspecified atom stereocenters. The van der Waals surface area contributed by atoms with Crippen LogP contribution in [-0.2, 0) is 0 Å². The maximum atomic E-state index is 2.46. The van der Waals surface area contributed by atoms with Gasteiger partial charge in [-0.25, -0.2) is 0 Å². The molecule has 1 saturated carbocycles. The summed E-state index contributed by atoms with van der Waals surface area (Å²) in [5, 5.41) is 0. The largest absolute Gasteiger partial charge is 0.0914 e. The number of fused-ring (bicyclic) bond motifs is 4. The van der Waals surface area contributed by atoms with Crippen LogP contribution in [0.25, 0.3) is 0 Å². The molecule has 0 amide bonds. The molecule has 0 saturated heterocycles. The second-order valence-electron chi connectivity index (χ2n) is 5.86. The maximum Gasteiger partial charge on any atom is -0.0132 e. The van der Waals surface area contributed by atoms with Crippen LogP contribution in [0.5, 0.6) is 0 Å². The van der Waals surface area contributed by atoms with Crippen LogP contribution in [0, 0.1) is 23.7 Å². The van der Waals surface area contributed by atoms with Gasteiger partial charge in [-0.15, -0.1) is 0 Å². The molecule has 0 aromatic carbocycles. The van der Waals surface area contributed by atoms with Gasteiger partial charge in [-0.1, -0.05) is 30.2 Å². The molecule has 0 aromatic heterocycles. The molecule has 0 aromatic rings. The van der Waals surface area contributed by atoms with Crippen LogP contribution in [0.15, 0.2) is 23.3 Å². The van der Waals surface area contributed by atoms with Crippen LogP contribution in [-0.4, -0.2) is 0 Å². The fourth-order valence-corrected chi connectivity index (χ4v) is 4.24. The van der Waals surface area contributed by atoms with Gasteiger partial charge in [0.25, 0.3) is 0 Å². The summed E-state index contributed by atoms with van der Waals surface area (Å²) in [7, 11) is 0. The molecule has 0 heteroatoms. The normalized spacial score (nSPS) is 44.1. The quantitative estimate of drug-likeness (QED) is 0.555. The first kappa shape index (κ1) is 9.69. The van der Waals surface area contributed by atoms with E-state index in [1.807, 2.05) is 11.1 Å². The third-order valence-electron chi connectivity index (χ3n) is 4.88. The summed E-state index contributed by atoms with van der Waals surface area (Å²) in [6.45, 7) is 4.60.